The third kappa shape index (κ3) is 2.73. The molecule has 0 radical (unpaired) electrons. The molecule has 1 aromatic carbocycles. The standard InChI is InChI=1S/C13H18ClNO2/c1-3-9-6-10(14)7-11(13(9)16-2)12-8-15-4-5-17-12/h6-7,12,15H,3-5,8H2,1-2H3. The van der Waals surface area contributed by atoms with E-state index >= 15 is 0 Å². The molecular formula is C13H18ClNO2. The Bertz CT molecular complexity index is 389. The zero-order chi connectivity index (χ0) is 12.3. The van der Waals surface area contributed by atoms with Gasteiger partial charge in [0.2, 0.25) is 0 Å². The summed E-state index contributed by atoms with van der Waals surface area (Å²) in [6, 6.07) is 3.90. The quantitative estimate of drug-likeness (QED) is 0.901. The van der Waals surface area contributed by atoms with Crippen LogP contribution in [0.15, 0.2) is 12.1 Å². The summed E-state index contributed by atoms with van der Waals surface area (Å²) in [6.45, 7) is 4.53. The van der Waals surface area contributed by atoms with Crippen LogP contribution in [0.1, 0.15) is 24.2 Å². The molecule has 1 heterocycles. The molecule has 4 heteroatoms. The Kier molecular flexibility index (Phi) is 4.26. The molecule has 1 saturated heterocycles. The summed E-state index contributed by atoms with van der Waals surface area (Å²) in [7, 11) is 1.70. The van der Waals surface area contributed by atoms with Crippen LogP contribution >= 0.6 is 11.6 Å². The van der Waals surface area contributed by atoms with Crippen molar-refractivity contribution < 1.29 is 9.47 Å². The van der Waals surface area contributed by atoms with Crippen LogP contribution in [-0.2, 0) is 11.2 Å². The molecule has 94 valence electrons. The van der Waals surface area contributed by atoms with Crippen LogP contribution < -0.4 is 10.1 Å². The van der Waals surface area contributed by atoms with Gasteiger partial charge in [0.25, 0.3) is 0 Å². The maximum Gasteiger partial charge on any atom is 0.127 e. The summed E-state index contributed by atoms with van der Waals surface area (Å²) in [5.74, 6) is 0.908. The Morgan fingerprint density at radius 3 is 2.94 bits per heavy atom. The molecule has 0 aromatic heterocycles. The lowest BCUT2D eigenvalue weighted by atomic mass is 10.0. The summed E-state index contributed by atoms with van der Waals surface area (Å²) in [5, 5.41) is 4.06. The number of hydrogen-bond donors (Lipinski definition) is 1. The molecule has 1 aromatic rings. The summed E-state index contributed by atoms with van der Waals surface area (Å²) in [6.07, 6.45) is 0.930. The van der Waals surface area contributed by atoms with E-state index in [1.807, 2.05) is 12.1 Å². The molecule has 1 N–H and O–H groups in total. The van der Waals surface area contributed by atoms with E-state index in [0.29, 0.717) is 0 Å². The zero-order valence-electron chi connectivity index (χ0n) is 10.3. The fraction of sp³-hybridized carbons (Fsp3) is 0.538. The van der Waals surface area contributed by atoms with Crippen molar-refractivity contribution in [3.05, 3.63) is 28.3 Å². The third-order valence-electron chi connectivity index (χ3n) is 3.02. The molecule has 17 heavy (non-hydrogen) atoms. The molecule has 0 amide bonds. The lowest BCUT2D eigenvalue weighted by molar-refractivity contribution is 0.0262. The first-order valence-corrected chi connectivity index (χ1v) is 6.32. The second-order valence-corrected chi connectivity index (χ2v) is 4.54. The van der Waals surface area contributed by atoms with Gasteiger partial charge in [0.05, 0.1) is 19.8 Å². The summed E-state index contributed by atoms with van der Waals surface area (Å²) < 4.78 is 11.3. The van der Waals surface area contributed by atoms with Crippen LogP contribution in [0.2, 0.25) is 5.02 Å². The maximum atomic E-state index is 6.15. The molecule has 0 bridgehead atoms. The van der Waals surface area contributed by atoms with Gasteiger partial charge in [-0.2, -0.15) is 0 Å². The van der Waals surface area contributed by atoms with Crippen LogP contribution in [0.25, 0.3) is 0 Å². The van der Waals surface area contributed by atoms with Crippen LogP contribution in [0.5, 0.6) is 5.75 Å². The van der Waals surface area contributed by atoms with E-state index < -0.39 is 0 Å². The van der Waals surface area contributed by atoms with Gasteiger partial charge in [-0.3, -0.25) is 0 Å². The van der Waals surface area contributed by atoms with Gasteiger partial charge >= 0.3 is 0 Å². The summed E-state index contributed by atoms with van der Waals surface area (Å²) >= 11 is 6.15. The molecule has 1 aliphatic heterocycles. The van der Waals surface area contributed by atoms with Gasteiger partial charge in [-0.15, -0.1) is 0 Å². The highest BCUT2D eigenvalue weighted by molar-refractivity contribution is 6.30. The average molecular weight is 256 g/mol. The van der Waals surface area contributed by atoms with Gasteiger partial charge < -0.3 is 14.8 Å². The smallest absolute Gasteiger partial charge is 0.127 e. The van der Waals surface area contributed by atoms with Gasteiger partial charge in [0.15, 0.2) is 0 Å². The SMILES string of the molecule is CCc1cc(Cl)cc(C2CNCCO2)c1OC. The number of ether oxygens (including phenoxy) is 2. The molecule has 0 aliphatic carbocycles. The number of methoxy groups -OCH3 is 1. The number of aryl methyl sites for hydroxylation is 1. The van der Waals surface area contributed by atoms with Crippen LogP contribution in [0.4, 0.5) is 0 Å². The van der Waals surface area contributed by atoms with Gasteiger partial charge in [-0.05, 0) is 24.1 Å². The van der Waals surface area contributed by atoms with Crippen molar-refractivity contribution in [1.29, 1.82) is 0 Å². The Morgan fingerprint density at radius 1 is 1.53 bits per heavy atom. The van der Waals surface area contributed by atoms with Crippen molar-refractivity contribution in [3.63, 3.8) is 0 Å². The Balaban J connectivity index is 2.39. The van der Waals surface area contributed by atoms with Crippen molar-refractivity contribution >= 4 is 11.6 Å². The van der Waals surface area contributed by atoms with Crippen LogP contribution in [0.3, 0.4) is 0 Å². The maximum absolute atomic E-state index is 6.15. The van der Waals surface area contributed by atoms with Crippen LogP contribution in [0, 0.1) is 0 Å². The topological polar surface area (TPSA) is 30.5 Å². The van der Waals surface area contributed by atoms with Gasteiger partial charge in [-0.25, -0.2) is 0 Å². The number of nitrogens with one attached hydrogen (secondary N) is 1. The fourth-order valence-electron chi connectivity index (χ4n) is 2.19. The number of benzene rings is 1. The molecule has 0 spiro atoms. The Morgan fingerprint density at radius 2 is 2.35 bits per heavy atom. The molecule has 3 nitrogen and oxygen atoms in total. The molecule has 1 fully saturated rings. The Hall–Kier alpha value is -0.770. The number of halogens is 1. The van der Waals surface area contributed by atoms with Gasteiger partial charge in [0.1, 0.15) is 5.75 Å². The highest BCUT2D eigenvalue weighted by Gasteiger charge is 2.21. The highest BCUT2D eigenvalue weighted by Crippen LogP contribution is 2.34. The largest absolute Gasteiger partial charge is 0.496 e. The summed E-state index contributed by atoms with van der Waals surface area (Å²) in [5.41, 5.74) is 2.17. The average Bonchev–Trinajstić information content (AvgIpc) is 2.38. The van der Waals surface area contributed by atoms with E-state index in [1.54, 1.807) is 7.11 Å². The van der Waals surface area contributed by atoms with Gasteiger partial charge in [0, 0.05) is 23.7 Å². The normalized spacial score (nSPS) is 20.3. The predicted molar refractivity (Wildman–Crippen MR) is 68.9 cm³/mol. The van der Waals surface area contributed by atoms with E-state index in [1.165, 1.54) is 0 Å². The molecular weight excluding hydrogens is 238 g/mol. The fourth-order valence-corrected chi connectivity index (χ4v) is 2.44. The minimum Gasteiger partial charge on any atom is -0.496 e. The minimum absolute atomic E-state index is 0.0303. The van der Waals surface area contributed by atoms with Crippen molar-refractivity contribution in [3.8, 4) is 5.75 Å². The van der Waals surface area contributed by atoms with E-state index in [2.05, 4.69) is 12.2 Å². The van der Waals surface area contributed by atoms with E-state index in [9.17, 15) is 0 Å². The van der Waals surface area contributed by atoms with E-state index in [0.717, 1.165) is 48.0 Å². The molecule has 1 aliphatic rings. The molecule has 1 atom stereocenters. The van der Waals surface area contributed by atoms with Crippen molar-refractivity contribution in [2.75, 3.05) is 26.8 Å². The predicted octanol–water partition coefficient (Wildman–Crippen LogP) is 2.57. The first kappa shape index (κ1) is 12.7. The van der Waals surface area contributed by atoms with Crippen LogP contribution in [-0.4, -0.2) is 26.8 Å². The molecule has 0 saturated carbocycles. The number of rotatable bonds is 3. The van der Waals surface area contributed by atoms with E-state index in [4.69, 9.17) is 21.1 Å². The highest BCUT2D eigenvalue weighted by atomic mass is 35.5. The number of morpholine rings is 1. The lowest BCUT2D eigenvalue weighted by Gasteiger charge is -2.26. The first-order chi connectivity index (χ1) is 8.26. The Labute approximate surface area is 107 Å². The lowest BCUT2D eigenvalue weighted by Crippen LogP contribution is -2.33. The molecule has 2 rings (SSSR count). The second-order valence-electron chi connectivity index (χ2n) is 4.10. The van der Waals surface area contributed by atoms with Crippen molar-refractivity contribution in [2.24, 2.45) is 0 Å². The second kappa shape index (κ2) is 5.71. The van der Waals surface area contributed by atoms with Crippen molar-refractivity contribution in [1.82, 2.24) is 5.32 Å². The van der Waals surface area contributed by atoms with Crippen molar-refractivity contribution in [2.45, 2.75) is 19.4 Å². The monoisotopic (exact) mass is 255 g/mol. The van der Waals surface area contributed by atoms with E-state index in [-0.39, 0.29) is 6.10 Å². The first-order valence-electron chi connectivity index (χ1n) is 5.95. The number of hydrogen-bond acceptors (Lipinski definition) is 3. The zero-order valence-corrected chi connectivity index (χ0v) is 11.0. The summed E-state index contributed by atoms with van der Waals surface area (Å²) in [4.78, 5) is 0. The van der Waals surface area contributed by atoms with Gasteiger partial charge in [-0.1, -0.05) is 18.5 Å². The minimum atomic E-state index is 0.0303. The molecule has 1 unspecified atom stereocenters. The third-order valence-corrected chi connectivity index (χ3v) is 3.24.